The van der Waals surface area contributed by atoms with Gasteiger partial charge in [0.25, 0.3) is 0 Å². The summed E-state index contributed by atoms with van der Waals surface area (Å²) >= 11 is 0. The number of aliphatic hydroxyl groups excluding tert-OH is 1. The van der Waals surface area contributed by atoms with E-state index < -0.39 is 6.10 Å². The van der Waals surface area contributed by atoms with Gasteiger partial charge < -0.3 is 9.84 Å². The van der Waals surface area contributed by atoms with Gasteiger partial charge in [0.2, 0.25) is 0 Å². The molecule has 0 saturated carbocycles. The lowest BCUT2D eigenvalue weighted by Gasteiger charge is -2.19. The first-order valence-corrected chi connectivity index (χ1v) is 6.93. The first-order valence-electron chi connectivity index (χ1n) is 6.93. The average Bonchev–Trinajstić information content (AvgIpc) is 2.39. The van der Waals surface area contributed by atoms with Crippen molar-refractivity contribution in [2.75, 3.05) is 0 Å². The van der Waals surface area contributed by atoms with Gasteiger partial charge in [0.05, 0.1) is 6.10 Å². The molecule has 106 valence electrons. The van der Waals surface area contributed by atoms with Crippen LogP contribution in [0.5, 0.6) is 11.5 Å². The van der Waals surface area contributed by atoms with Gasteiger partial charge in [-0.05, 0) is 47.7 Å². The van der Waals surface area contributed by atoms with Crippen molar-refractivity contribution in [1.82, 2.24) is 0 Å². The van der Waals surface area contributed by atoms with Crippen LogP contribution in [0, 0.1) is 0 Å². The second kappa shape index (κ2) is 5.68. The number of ether oxygens (including phenoxy) is 1. The molecular weight excluding hydrogens is 248 g/mol. The van der Waals surface area contributed by atoms with E-state index in [4.69, 9.17) is 4.74 Å². The Hall–Kier alpha value is -1.80. The SMILES string of the molecule is CC(O)c1ccc(Oc2ccc(C(C)(C)C)cc2)cc1. The van der Waals surface area contributed by atoms with Gasteiger partial charge in [-0.3, -0.25) is 0 Å². The van der Waals surface area contributed by atoms with Gasteiger partial charge in [-0.2, -0.15) is 0 Å². The Morgan fingerprint density at radius 3 is 1.70 bits per heavy atom. The molecule has 0 aliphatic carbocycles. The Balaban J connectivity index is 2.10. The Morgan fingerprint density at radius 1 is 0.850 bits per heavy atom. The van der Waals surface area contributed by atoms with Gasteiger partial charge in [-0.15, -0.1) is 0 Å². The van der Waals surface area contributed by atoms with Crippen LogP contribution >= 0.6 is 0 Å². The van der Waals surface area contributed by atoms with Gasteiger partial charge in [-0.25, -0.2) is 0 Å². The summed E-state index contributed by atoms with van der Waals surface area (Å²) in [7, 11) is 0. The molecule has 0 amide bonds. The van der Waals surface area contributed by atoms with Gasteiger partial charge in [0.1, 0.15) is 11.5 Å². The molecule has 0 bridgehead atoms. The summed E-state index contributed by atoms with van der Waals surface area (Å²) in [5.41, 5.74) is 2.33. The zero-order valence-electron chi connectivity index (χ0n) is 12.6. The lowest BCUT2D eigenvalue weighted by Crippen LogP contribution is -2.10. The molecule has 2 rings (SSSR count). The molecule has 0 heterocycles. The third kappa shape index (κ3) is 3.61. The molecule has 0 aliphatic heterocycles. The monoisotopic (exact) mass is 270 g/mol. The third-order valence-electron chi connectivity index (χ3n) is 3.32. The van der Waals surface area contributed by atoms with Gasteiger partial charge in [0.15, 0.2) is 0 Å². The summed E-state index contributed by atoms with van der Waals surface area (Å²) in [6, 6.07) is 15.7. The van der Waals surface area contributed by atoms with Crippen LogP contribution in [-0.2, 0) is 5.41 Å². The molecule has 1 unspecified atom stereocenters. The quantitative estimate of drug-likeness (QED) is 0.865. The second-order valence-electron chi connectivity index (χ2n) is 6.12. The summed E-state index contributed by atoms with van der Waals surface area (Å²) in [5.74, 6) is 1.60. The van der Waals surface area contributed by atoms with Gasteiger partial charge in [-0.1, -0.05) is 45.0 Å². The van der Waals surface area contributed by atoms with E-state index in [-0.39, 0.29) is 5.41 Å². The van der Waals surface area contributed by atoms with E-state index in [9.17, 15) is 5.11 Å². The molecule has 1 N–H and O–H groups in total. The predicted octanol–water partition coefficient (Wildman–Crippen LogP) is 4.83. The fraction of sp³-hybridized carbons (Fsp3) is 0.333. The molecule has 0 radical (unpaired) electrons. The number of benzene rings is 2. The molecular formula is C18H22O2. The second-order valence-corrected chi connectivity index (χ2v) is 6.12. The Labute approximate surface area is 121 Å². The molecule has 2 aromatic carbocycles. The van der Waals surface area contributed by atoms with Crippen molar-refractivity contribution in [2.24, 2.45) is 0 Å². The molecule has 0 spiro atoms. The third-order valence-corrected chi connectivity index (χ3v) is 3.32. The Morgan fingerprint density at radius 2 is 1.30 bits per heavy atom. The standard InChI is InChI=1S/C18H22O2/c1-13(19)14-5-9-16(10-6-14)20-17-11-7-15(8-12-17)18(2,3)4/h5-13,19H,1-4H3. The summed E-state index contributed by atoms with van der Waals surface area (Å²) in [6.45, 7) is 8.33. The van der Waals surface area contributed by atoms with Crippen molar-refractivity contribution >= 4 is 0 Å². The zero-order chi connectivity index (χ0) is 14.8. The van der Waals surface area contributed by atoms with Gasteiger partial charge in [0, 0.05) is 0 Å². The van der Waals surface area contributed by atoms with Crippen molar-refractivity contribution < 1.29 is 9.84 Å². The highest BCUT2D eigenvalue weighted by atomic mass is 16.5. The molecule has 2 nitrogen and oxygen atoms in total. The zero-order valence-corrected chi connectivity index (χ0v) is 12.6. The molecule has 0 saturated heterocycles. The summed E-state index contributed by atoms with van der Waals surface area (Å²) in [6.07, 6.45) is -0.449. The Bertz CT molecular complexity index is 545. The van der Waals surface area contributed by atoms with Crippen LogP contribution in [-0.4, -0.2) is 5.11 Å². The van der Waals surface area contributed by atoms with E-state index in [1.54, 1.807) is 6.92 Å². The number of aliphatic hydroxyl groups is 1. The predicted molar refractivity (Wildman–Crippen MR) is 82.3 cm³/mol. The number of hydrogen-bond acceptors (Lipinski definition) is 2. The van der Waals surface area contributed by atoms with Crippen LogP contribution in [0.2, 0.25) is 0 Å². The highest BCUT2D eigenvalue weighted by molar-refractivity contribution is 5.36. The maximum Gasteiger partial charge on any atom is 0.127 e. The lowest BCUT2D eigenvalue weighted by molar-refractivity contribution is 0.199. The lowest BCUT2D eigenvalue weighted by atomic mass is 9.87. The maximum atomic E-state index is 9.47. The minimum atomic E-state index is -0.449. The van der Waals surface area contributed by atoms with E-state index in [2.05, 4.69) is 32.9 Å². The van der Waals surface area contributed by atoms with Crippen molar-refractivity contribution in [2.45, 2.75) is 39.2 Å². The normalized spacial score (nSPS) is 13.1. The highest BCUT2D eigenvalue weighted by Crippen LogP contribution is 2.27. The fourth-order valence-corrected chi connectivity index (χ4v) is 1.97. The minimum Gasteiger partial charge on any atom is -0.457 e. The summed E-state index contributed by atoms with van der Waals surface area (Å²) in [5, 5.41) is 9.47. The fourth-order valence-electron chi connectivity index (χ4n) is 1.97. The molecule has 1 atom stereocenters. The average molecular weight is 270 g/mol. The minimum absolute atomic E-state index is 0.150. The van der Waals surface area contributed by atoms with Gasteiger partial charge >= 0.3 is 0 Å². The van der Waals surface area contributed by atoms with E-state index in [0.29, 0.717) is 0 Å². The molecule has 0 aromatic heterocycles. The smallest absolute Gasteiger partial charge is 0.127 e. The molecule has 2 aromatic rings. The van der Waals surface area contributed by atoms with Crippen LogP contribution in [0.4, 0.5) is 0 Å². The van der Waals surface area contributed by atoms with Crippen molar-refractivity contribution in [3.05, 3.63) is 59.7 Å². The Kier molecular flexibility index (Phi) is 4.15. The van der Waals surface area contributed by atoms with E-state index >= 15 is 0 Å². The highest BCUT2D eigenvalue weighted by Gasteiger charge is 2.13. The maximum absolute atomic E-state index is 9.47. The van der Waals surface area contributed by atoms with E-state index in [0.717, 1.165) is 17.1 Å². The first kappa shape index (κ1) is 14.6. The largest absolute Gasteiger partial charge is 0.457 e. The van der Waals surface area contributed by atoms with Crippen molar-refractivity contribution in [1.29, 1.82) is 0 Å². The summed E-state index contributed by atoms with van der Waals surface area (Å²) in [4.78, 5) is 0. The number of rotatable bonds is 3. The molecule has 0 fully saturated rings. The van der Waals surface area contributed by atoms with E-state index in [1.165, 1.54) is 5.56 Å². The molecule has 20 heavy (non-hydrogen) atoms. The van der Waals surface area contributed by atoms with Crippen molar-refractivity contribution in [3.63, 3.8) is 0 Å². The van der Waals surface area contributed by atoms with Crippen LogP contribution in [0.25, 0.3) is 0 Å². The van der Waals surface area contributed by atoms with Crippen molar-refractivity contribution in [3.8, 4) is 11.5 Å². The topological polar surface area (TPSA) is 29.5 Å². The van der Waals surface area contributed by atoms with Crippen LogP contribution in [0.3, 0.4) is 0 Å². The van der Waals surface area contributed by atoms with Crippen LogP contribution < -0.4 is 4.74 Å². The molecule has 2 heteroatoms. The first-order chi connectivity index (χ1) is 9.36. The summed E-state index contributed by atoms with van der Waals surface area (Å²) < 4.78 is 5.80. The van der Waals surface area contributed by atoms with Crippen LogP contribution in [0.15, 0.2) is 48.5 Å². The van der Waals surface area contributed by atoms with Crippen LogP contribution in [0.1, 0.15) is 44.9 Å². The van der Waals surface area contributed by atoms with E-state index in [1.807, 2.05) is 36.4 Å². The number of hydrogen-bond donors (Lipinski definition) is 1. The molecule has 0 aliphatic rings.